The maximum absolute atomic E-state index is 13.7. The number of hydrogen-bond donors (Lipinski definition) is 1. The second-order valence-electron chi connectivity index (χ2n) is 17.0. The molecule has 0 spiro atoms. The molecule has 0 saturated carbocycles. The van der Waals surface area contributed by atoms with E-state index in [1.54, 1.807) is 24.3 Å². The van der Waals surface area contributed by atoms with Gasteiger partial charge in [-0.25, -0.2) is 4.79 Å². The summed E-state index contributed by atoms with van der Waals surface area (Å²) >= 11 is 0. The highest BCUT2D eigenvalue weighted by molar-refractivity contribution is 5.69. The van der Waals surface area contributed by atoms with E-state index in [1.807, 2.05) is 75.1 Å². The lowest BCUT2D eigenvalue weighted by molar-refractivity contribution is -0.151. The number of terminal acetylenes is 7. The summed E-state index contributed by atoms with van der Waals surface area (Å²) in [7, 11) is 0. The molecule has 5 rings (SSSR count). The molecule has 0 aliphatic heterocycles. The van der Waals surface area contributed by atoms with Crippen molar-refractivity contribution in [1.29, 1.82) is 0 Å². The molecule has 1 N–H and O–H groups in total. The van der Waals surface area contributed by atoms with Crippen molar-refractivity contribution < 1.29 is 36.6 Å². The van der Waals surface area contributed by atoms with Crippen LogP contribution in [0.25, 0.3) is 0 Å². The fourth-order valence-electron chi connectivity index (χ4n) is 6.93. The van der Waals surface area contributed by atoms with Crippen LogP contribution in [0.4, 0.5) is 22.4 Å². The summed E-state index contributed by atoms with van der Waals surface area (Å²) in [5, 5.41) is 2.64. The number of alkyl carbamates (subject to hydrolysis) is 1. The van der Waals surface area contributed by atoms with Gasteiger partial charge in [0.1, 0.15) is 12.2 Å². The SMILES string of the molecule is C#Cc1cc(C#C)cc(C#C)c1.C#Cc1ccc(C#C)cc1.C#Cc1cccc(C#C)c1.CC(CCNC(=O)OC1CCCC#CC(F)(F)C1)CC(C)(C)CCC(=O)OC1CCC#CC(F)(F)CC1. The van der Waals surface area contributed by atoms with E-state index in [0.717, 1.165) is 45.4 Å². The first-order valence-corrected chi connectivity index (χ1v) is 22.3. The number of halogens is 4. The van der Waals surface area contributed by atoms with Crippen LogP contribution in [-0.4, -0.2) is 42.7 Å². The average molecular weight is 932 g/mol. The summed E-state index contributed by atoms with van der Waals surface area (Å²) < 4.78 is 65.1. The number of rotatable bonds is 10. The molecule has 354 valence electrons. The predicted octanol–water partition coefficient (Wildman–Crippen LogP) is 11.6. The Morgan fingerprint density at radius 3 is 1.70 bits per heavy atom. The van der Waals surface area contributed by atoms with E-state index in [4.69, 9.17) is 54.4 Å². The van der Waals surface area contributed by atoms with Crippen LogP contribution in [-0.2, 0) is 14.3 Å². The largest absolute Gasteiger partial charge is 0.462 e. The minimum Gasteiger partial charge on any atom is -0.462 e. The van der Waals surface area contributed by atoms with Crippen LogP contribution >= 0.6 is 0 Å². The van der Waals surface area contributed by atoms with Crippen molar-refractivity contribution in [2.75, 3.05) is 6.54 Å². The molecule has 3 aromatic carbocycles. The summed E-state index contributed by atoms with van der Waals surface area (Å²) in [5.41, 5.74) is 5.36. The fourth-order valence-corrected chi connectivity index (χ4v) is 6.93. The van der Waals surface area contributed by atoms with Gasteiger partial charge in [0.2, 0.25) is 0 Å². The summed E-state index contributed by atoms with van der Waals surface area (Å²) in [6.07, 6.45) is 37.5. The van der Waals surface area contributed by atoms with E-state index in [2.05, 4.69) is 58.6 Å². The second kappa shape index (κ2) is 29.7. The van der Waals surface area contributed by atoms with Gasteiger partial charge in [-0.2, -0.15) is 17.6 Å². The Labute approximate surface area is 408 Å². The van der Waals surface area contributed by atoms with Gasteiger partial charge in [0.15, 0.2) is 0 Å². The average Bonchev–Trinajstić information content (AvgIpc) is 3.32. The molecular weight excluding hydrogens is 875 g/mol. The zero-order valence-corrected chi connectivity index (χ0v) is 39.5. The van der Waals surface area contributed by atoms with Crippen LogP contribution in [0.2, 0.25) is 0 Å². The highest BCUT2D eigenvalue weighted by Crippen LogP contribution is 2.33. The lowest BCUT2D eigenvalue weighted by Crippen LogP contribution is -2.34. The van der Waals surface area contributed by atoms with E-state index < -0.39 is 49.0 Å². The normalized spacial score (nSPS) is 16.3. The smallest absolute Gasteiger partial charge is 0.407 e. The number of amides is 1. The van der Waals surface area contributed by atoms with E-state index in [9.17, 15) is 27.2 Å². The van der Waals surface area contributed by atoms with Crippen molar-refractivity contribution in [3.63, 3.8) is 0 Å². The Balaban J connectivity index is 0.000000405. The Hall–Kier alpha value is -7.84. The molecule has 3 unspecified atom stereocenters. The third-order valence-corrected chi connectivity index (χ3v) is 10.5. The van der Waals surface area contributed by atoms with E-state index >= 15 is 0 Å². The molecule has 2 aliphatic rings. The standard InChI is InChI=1S/C28H39F4NO4.C12H6.2C10H6/c1-21(13-18-33-25(35)37-23-10-5-4-7-15-28(31,32)20-23)19-26(2,3)16-12-24(34)36-22-9-6-8-14-27(29,30)17-11-22;1-4-10-7-11(5-2)9-12(6-3)8-10;1-3-9-5-7-10(4-2)8-6-9;1-3-9-6-5-7-10(4-2)8-9/h21-23H,4-6,9-13,16-20H2,1-3H3,(H,33,35);1-3,7-9H;2*1-2,5-8H. The summed E-state index contributed by atoms with van der Waals surface area (Å²) in [6, 6.07) is 19.9. The van der Waals surface area contributed by atoms with Crippen molar-refractivity contribution in [2.24, 2.45) is 11.3 Å². The molecule has 0 heterocycles. The molecule has 2 aliphatic carbocycles. The topological polar surface area (TPSA) is 64.6 Å². The molecule has 3 atom stereocenters. The maximum atomic E-state index is 13.7. The van der Waals surface area contributed by atoms with E-state index in [1.165, 1.54) is 0 Å². The predicted molar refractivity (Wildman–Crippen MR) is 267 cm³/mol. The third kappa shape index (κ3) is 24.5. The molecule has 0 fully saturated rings. The first-order valence-electron chi connectivity index (χ1n) is 22.3. The summed E-state index contributed by atoms with van der Waals surface area (Å²) in [6.45, 7) is 6.47. The van der Waals surface area contributed by atoms with Gasteiger partial charge in [-0.3, -0.25) is 4.79 Å². The van der Waals surface area contributed by atoms with Gasteiger partial charge in [0.05, 0.1) is 6.42 Å². The summed E-state index contributed by atoms with van der Waals surface area (Å²) in [4.78, 5) is 24.4. The van der Waals surface area contributed by atoms with Gasteiger partial charge in [0, 0.05) is 71.2 Å². The number of nitrogens with one attached hydrogen (secondary N) is 1. The number of hydrogen-bond acceptors (Lipinski definition) is 4. The molecular formula is C60H57F4NO4. The minimum absolute atomic E-state index is 0.0978. The number of alkyl halides is 4. The Morgan fingerprint density at radius 2 is 1.17 bits per heavy atom. The molecule has 0 radical (unpaired) electrons. The molecule has 5 nitrogen and oxygen atoms in total. The highest BCUT2D eigenvalue weighted by atomic mass is 19.3. The van der Waals surface area contributed by atoms with Crippen molar-refractivity contribution >= 4 is 12.1 Å². The number of ether oxygens (including phenoxy) is 2. The molecule has 0 saturated heterocycles. The molecule has 69 heavy (non-hydrogen) atoms. The van der Waals surface area contributed by atoms with Gasteiger partial charge in [-0.05, 0) is 129 Å². The van der Waals surface area contributed by atoms with E-state index in [-0.39, 0.29) is 30.6 Å². The second-order valence-corrected chi connectivity index (χ2v) is 17.0. The molecule has 9 heteroatoms. The van der Waals surface area contributed by atoms with Gasteiger partial charge in [-0.15, -0.1) is 45.0 Å². The number of esters is 1. The van der Waals surface area contributed by atoms with Gasteiger partial charge in [0.25, 0.3) is 0 Å². The monoisotopic (exact) mass is 931 g/mol. The number of carbonyl (C=O) groups excluding carboxylic acids is 2. The van der Waals surface area contributed by atoms with Crippen LogP contribution in [0.1, 0.15) is 137 Å². The molecule has 0 bridgehead atoms. The Morgan fingerprint density at radius 1 is 0.681 bits per heavy atom. The summed E-state index contributed by atoms with van der Waals surface area (Å²) in [5.74, 6) is 19.9. The van der Waals surface area contributed by atoms with Gasteiger partial charge in [-0.1, -0.05) is 80.1 Å². The van der Waals surface area contributed by atoms with Crippen LogP contribution in [0, 0.1) is 121 Å². The van der Waals surface area contributed by atoms with Crippen molar-refractivity contribution in [3.8, 4) is 110 Å². The Bertz CT molecular complexity index is 2480. The zero-order valence-electron chi connectivity index (χ0n) is 39.5. The van der Waals surface area contributed by atoms with Crippen LogP contribution < -0.4 is 5.32 Å². The minimum atomic E-state index is -3.16. The third-order valence-electron chi connectivity index (χ3n) is 10.5. The quantitative estimate of drug-likeness (QED) is 0.125. The molecule has 1 amide bonds. The molecule has 3 aromatic rings. The van der Waals surface area contributed by atoms with Crippen molar-refractivity contribution in [3.05, 3.63) is 106 Å². The first kappa shape index (κ1) is 57.3. The zero-order chi connectivity index (χ0) is 51.3. The number of carbonyl (C=O) groups is 2. The van der Waals surface area contributed by atoms with Gasteiger partial charge < -0.3 is 14.8 Å². The van der Waals surface area contributed by atoms with Crippen LogP contribution in [0.5, 0.6) is 0 Å². The Kier molecular flexibility index (Phi) is 24.7. The molecule has 0 aromatic heterocycles. The first-order chi connectivity index (χ1) is 32.8. The van der Waals surface area contributed by atoms with Gasteiger partial charge >= 0.3 is 23.9 Å². The maximum Gasteiger partial charge on any atom is 0.407 e. The lowest BCUT2D eigenvalue weighted by atomic mass is 9.79. The highest BCUT2D eigenvalue weighted by Gasteiger charge is 2.33. The number of benzene rings is 3. The van der Waals surface area contributed by atoms with Crippen LogP contribution in [0.3, 0.4) is 0 Å². The van der Waals surface area contributed by atoms with Crippen molar-refractivity contribution in [2.45, 2.75) is 122 Å². The van der Waals surface area contributed by atoms with Crippen LogP contribution in [0.15, 0.2) is 66.7 Å². The fraction of sp³-hybridized carbons (Fsp3) is 0.367. The van der Waals surface area contributed by atoms with Crippen molar-refractivity contribution in [1.82, 2.24) is 5.32 Å². The van der Waals surface area contributed by atoms with E-state index in [0.29, 0.717) is 45.1 Å². The lowest BCUT2D eigenvalue weighted by Gasteiger charge is -2.28.